The zero-order valence-corrected chi connectivity index (χ0v) is 15.1. The highest BCUT2D eigenvalue weighted by molar-refractivity contribution is 6.29. The Morgan fingerprint density at radius 1 is 1.19 bits per heavy atom. The van der Waals surface area contributed by atoms with Crippen molar-refractivity contribution in [1.82, 2.24) is 15.1 Å². The monoisotopic (exact) mass is 372 g/mol. The van der Waals surface area contributed by atoms with Crippen LogP contribution in [0.2, 0.25) is 5.15 Å². The molecule has 134 valence electrons. The molecule has 1 saturated heterocycles. The van der Waals surface area contributed by atoms with Crippen molar-refractivity contribution in [3.8, 4) is 11.8 Å². The zero-order chi connectivity index (χ0) is 18.5. The van der Waals surface area contributed by atoms with Crippen molar-refractivity contribution in [1.29, 1.82) is 0 Å². The van der Waals surface area contributed by atoms with Gasteiger partial charge in [0.15, 0.2) is 11.0 Å². The molecule has 1 aliphatic rings. The topological polar surface area (TPSA) is 49.3 Å². The van der Waals surface area contributed by atoms with Crippen molar-refractivity contribution < 1.29 is 9.18 Å². The van der Waals surface area contributed by atoms with E-state index in [0.717, 1.165) is 5.82 Å². The molecule has 3 rings (SSSR count). The molecule has 1 aromatic heterocycles. The third-order valence-electron chi connectivity index (χ3n) is 4.22. The Labute approximate surface area is 156 Å². The predicted octanol–water partition coefficient (Wildman–Crippen LogP) is 2.53. The highest BCUT2D eigenvalue weighted by Crippen LogP contribution is 2.16. The van der Waals surface area contributed by atoms with E-state index in [1.165, 1.54) is 6.07 Å². The number of hydrogen-bond donors (Lipinski definition) is 0. The smallest absolute Gasteiger partial charge is 0.227 e. The maximum atomic E-state index is 13.9. The average molecular weight is 373 g/mol. The fourth-order valence-corrected chi connectivity index (χ4v) is 2.95. The quantitative estimate of drug-likeness (QED) is 0.777. The first-order valence-electron chi connectivity index (χ1n) is 8.30. The van der Waals surface area contributed by atoms with Crippen molar-refractivity contribution in [2.45, 2.75) is 13.3 Å². The summed E-state index contributed by atoms with van der Waals surface area (Å²) in [5, 5.41) is 8.25. The van der Waals surface area contributed by atoms with Gasteiger partial charge in [-0.1, -0.05) is 23.6 Å². The number of carbonyl (C=O) groups is 1. The van der Waals surface area contributed by atoms with E-state index >= 15 is 0 Å². The number of anilines is 1. The minimum Gasteiger partial charge on any atom is -0.352 e. The van der Waals surface area contributed by atoms with Crippen LogP contribution < -0.4 is 4.90 Å². The highest BCUT2D eigenvalue weighted by atomic mass is 35.5. The van der Waals surface area contributed by atoms with Crippen LogP contribution in [0.15, 0.2) is 30.3 Å². The molecule has 1 aliphatic heterocycles. The van der Waals surface area contributed by atoms with E-state index in [-0.39, 0.29) is 12.3 Å². The minimum absolute atomic E-state index is 0.0134. The van der Waals surface area contributed by atoms with Gasteiger partial charge in [0.25, 0.3) is 0 Å². The van der Waals surface area contributed by atoms with E-state index in [1.807, 2.05) is 6.07 Å². The van der Waals surface area contributed by atoms with Gasteiger partial charge in [0.05, 0.1) is 12.0 Å². The van der Waals surface area contributed by atoms with E-state index in [1.54, 1.807) is 30.0 Å². The number of rotatable bonds is 3. The number of halogens is 2. The Hall–Kier alpha value is -2.65. The van der Waals surface area contributed by atoms with Gasteiger partial charge in [0.1, 0.15) is 5.82 Å². The summed E-state index contributed by atoms with van der Waals surface area (Å²) in [6, 6.07) is 8.27. The van der Waals surface area contributed by atoms with Gasteiger partial charge in [-0.25, -0.2) is 4.39 Å². The molecule has 0 N–H and O–H groups in total. The summed E-state index contributed by atoms with van der Waals surface area (Å²) in [6.45, 7) is 4.17. The van der Waals surface area contributed by atoms with Crippen LogP contribution in [0.5, 0.6) is 0 Å². The first kappa shape index (κ1) is 18.2. The summed E-state index contributed by atoms with van der Waals surface area (Å²) >= 11 is 5.75. The van der Waals surface area contributed by atoms with Crippen LogP contribution in [0, 0.1) is 17.7 Å². The highest BCUT2D eigenvalue weighted by Gasteiger charge is 2.22. The number of nitrogens with zero attached hydrogens (tertiary/aromatic N) is 4. The van der Waals surface area contributed by atoms with Gasteiger partial charge in [-0.3, -0.25) is 4.79 Å². The lowest BCUT2D eigenvalue weighted by Crippen LogP contribution is -2.49. The van der Waals surface area contributed by atoms with Gasteiger partial charge in [0, 0.05) is 26.2 Å². The SMILES string of the molecule is CC#Cc1ccc(CC(=O)N2CCN(c3ccc(Cl)nn3)CC2)cc1F. The summed E-state index contributed by atoms with van der Waals surface area (Å²) in [5.74, 6) is 5.71. The summed E-state index contributed by atoms with van der Waals surface area (Å²) in [7, 11) is 0. The second-order valence-corrected chi connectivity index (χ2v) is 6.34. The van der Waals surface area contributed by atoms with Gasteiger partial charge in [-0.2, -0.15) is 0 Å². The molecule has 7 heteroatoms. The summed E-state index contributed by atoms with van der Waals surface area (Å²) in [4.78, 5) is 16.3. The maximum absolute atomic E-state index is 13.9. The average Bonchev–Trinajstić information content (AvgIpc) is 2.65. The lowest BCUT2D eigenvalue weighted by molar-refractivity contribution is -0.130. The fraction of sp³-hybridized carbons (Fsp3) is 0.316. The predicted molar refractivity (Wildman–Crippen MR) is 98.5 cm³/mol. The van der Waals surface area contributed by atoms with Gasteiger partial charge >= 0.3 is 0 Å². The number of amides is 1. The van der Waals surface area contributed by atoms with Crippen molar-refractivity contribution in [2.24, 2.45) is 0 Å². The van der Waals surface area contributed by atoms with Crippen molar-refractivity contribution >= 4 is 23.3 Å². The molecule has 1 amide bonds. The summed E-state index contributed by atoms with van der Waals surface area (Å²) < 4.78 is 13.9. The van der Waals surface area contributed by atoms with E-state index in [0.29, 0.717) is 42.5 Å². The summed E-state index contributed by atoms with van der Waals surface area (Å²) in [5.41, 5.74) is 1.00. The Kier molecular flexibility index (Phi) is 5.69. The molecule has 2 heterocycles. The standard InChI is InChI=1S/C19H18ClFN4O/c1-2-3-15-5-4-14(12-16(15)21)13-19(26)25-10-8-24(9-11-25)18-7-6-17(20)22-23-18/h4-7,12H,8-11,13H2,1H3. The molecule has 0 bridgehead atoms. The van der Waals surface area contributed by atoms with E-state index < -0.39 is 5.82 Å². The van der Waals surface area contributed by atoms with Crippen LogP contribution in [0.25, 0.3) is 0 Å². The lowest BCUT2D eigenvalue weighted by Gasteiger charge is -2.35. The Morgan fingerprint density at radius 2 is 1.96 bits per heavy atom. The molecule has 0 unspecified atom stereocenters. The molecule has 2 aromatic rings. The third kappa shape index (κ3) is 4.30. The molecule has 5 nitrogen and oxygen atoms in total. The molecule has 0 radical (unpaired) electrons. The van der Waals surface area contributed by atoms with Crippen LogP contribution in [-0.4, -0.2) is 47.2 Å². The first-order chi connectivity index (χ1) is 12.6. The van der Waals surface area contributed by atoms with Crippen LogP contribution in [0.4, 0.5) is 10.2 Å². The summed E-state index contributed by atoms with van der Waals surface area (Å²) in [6.07, 6.45) is 0.178. The molecule has 0 aliphatic carbocycles. The molecule has 0 spiro atoms. The maximum Gasteiger partial charge on any atom is 0.227 e. The van der Waals surface area contributed by atoms with E-state index in [4.69, 9.17) is 11.6 Å². The van der Waals surface area contributed by atoms with Crippen LogP contribution in [-0.2, 0) is 11.2 Å². The molecule has 0 atom stereocenters. The second kappa shape index (κ2) is 8.15. The van der Waals surface area contributed by atoms with Crippen LogP contribution >= 0.6 is 11.6 Å². The van der Waals surface area contributed by atoms with Gasteiger partial charge in [-0.05, 0) is 36.8 Å². The molecular formula is C19H18ClFN4O. The zero-order valence-electron chi connectivity index (χ0n) is 14.4. The van der Waals surface area contributed by atoms with Crippen molar-refractivity contribution in [2.75, 3.05) is 31.1 Å². The normalized spacial score (nSPS) is 14.0. The van der Waals surface area contributed by atoms with E-state index in [9.17, 15) is 9.18 Å². The Morgan fingerprint density at radius 3 is 2.58 bits per heavy atom. The van der Waals surface area contributed by atoms with Crippen LogP contribution in [0.1, 0.15) is 18.1 Å². The van der Waals surface area contributed by atoms with E-state index in [2.05, 4.69) is 26.9 Å². The number of carbonyl (C=O) groups excluding carboxylic acids is 1. The number of benzene rings is 1. The molecule has 1 fully saturated rings. The first-order valence-corrected chi connectivity index (χ1v) is 8.68. The van der Waals surface area contributed by atoms with Gasteiger partial charge in [-0.15, -0.1) is 16.1 Å². The van der Waals surface area contributed by atoms with Gasteiger partial charge in [0.2, 0.25) is 5.91 Å². The second-order valence-electron chi connectivity index (χ2n) is 5.95. The lowest BCUT2D eigenvalue weighted by atomic mass is 10.1. The fourth-order valence-electron chi connectivity index (χ4n) is 2.85. The Balaban J connectivity index is 1.57. The molecule has 1 aromatic carbocycles. The minimum atomic E-state index is -0.393. The molecular weight excluding hydrogens is 355 g/mol. The largest absolute Gasteiger partial charge is 0.352 e. The number of hydrogen-bond acceptors (Lipinski definition) is 4. The molecule has 0 saturated carbocycles. The van der Waals surface area contributed by atoms with Crippen LogP contribution in [0.3, 0.4) is 0 Å². The van der Waals surface area contributed by atoms with Gasteiger partial charge < -0.3 is 9.80 Å². The molecule has 26 heavy (non-hydrogen) atoms. The third-order valence-corrected chi connectivity index (χ3v) is 4.42. The number of aromatic nitrogens is 2. The van der Waals surface area contributed by atoms with Crippen molar-refractivity contribution in [3.05, 3.63) is 52.4 Å². The van der Waals surface area contributed by atoms with Crippen molar-refractivity contribution in [3.63, 3.8) is 0 Å². The number of piperazine rings is 1. The Bertz CT molecular complexity index is 852.